The molecule has 1 unspecified atom stereocenters. The summed E-state index contributed by atoms with van der Waals surface area (Å²) in [4.78, 5) is 21.3. The summed E-state index contributed by atoms with van der Waals surface area (Å²) in [6, 6.07) is 5.14. The number of carbonyl (C=O) groups is 2. The lowest BCUT2D eigenvalue weighted by Crippen LogP contribution is -2.38. The molecule has 1 aromatic rings. The number of unbranched alkanes of at least 4 members (excludes halogenated alkanes) is 1. The largest absolute Gasteiger partial charge is 0.368 e. The van der Waals surface area contributed by atoms with Crippen molar-refractivity contribution in [1.29, 1.82) is 0 Å². The van der Waals surface area contributed by atoms with E-state index in [2.05, 4.69) is 10.5 Å². The van der Waals surface area contributed by atoms with Crippen molar-refractivity contribution in [3.8, 4) is 0 Å². The molecule has 1 aromatic carbocycles. The van der Waals surface area contributed by atoms with E-state index in [4.69, 9.17) is 5.73 Å². The molecule has 0 fully saturated rings. The van der Waals surface area contributed by atoms with Crippen LogP contribution in [0.15, 0.2) is 29.4 Å². The summed E-state index contributed by atoms with van der Waals surface area (Å²) < 4.78 is 12.7. The number of amides is 1. The van der Waals surface area contributed by atoms with E-state index in [-0.39, 0.29) is 5.82 Å². The summed E-state index contributed by atoms with van der Waals surface area (Å²) >= 11 is 0. The van der Waals surface area contributed by atoms with Gasteiger partial charge >= 0.3 is 0 Å². The standard InChI is InChI=1S/C13H16FN3O2/c14-11-6-4-10(5-7-11)9-16-17-12(13(15)19)3-1-2-8-18/h4-9,12,17H,1-3H2,(H2,15,19). The maximum Gasteiger partial charge on any atom is 0.241 e. The van der Waals surface area contributed by atoms with Crippen molar-refractivity contribution in [3.63, 3.8) is 0 Å². The number of hydrogen-bond donors (Lipinski definition) is 2. The number of nitrogens with two attached hydrogens (primary N) is 1. The van der Waals surface area contributed by atoms with Gasteiger partial charge in [-0.1, -0.05) is 12.1 Å². The molecular formula is C13H16FN3O2. The molecule has 1 amide bonds. The van der Waals surface area contributed by atoms with Crippen LogP contribution in [0.25, 0.3) is 0 Å². The highest BCUT2D eigenvalue weighted by atomic mass is 19.1. The summed E-state index contributed by atoms with van der Waals surface area (Å²) in [5.74, 6) is -0.851. The number of nitrogens with one attached hydrogen (secondary N) is 1. The molecule has 0 spiro atoms. The van der Waals surface area contributed by atoms with Crippen molar-refractivity contribution in [2.75, 3.05) is 0 Å². The Morgan fingerprint density at radius 3 is 2.68 bits per heavy atom. The summed E-state index contributed by atoms with van der Waals surface area (Å²) in [5, 5.41) is 3.88. The van der Waals surface area contributed by atoms with Crippen LogP contribution in [0.4, 0.5) is 4.39 Å². The second-order valence-corrected chi connectivity index (χ2v) is 3.99. The minimum atomic E-state index is -0.614. The lowest BCUT2D eigenvalue weighted by Gasteiger charge is -2.11. The third kappa shape index (κ3) is 5.76. The first-order valence-corrected chi connectivity index (χ1v) is 5.90. The van der Waals surface area contributed by atoms with Gasteiger partial charge in [-0.2, -0.15) is 5.10 Å². The molecule has 0 saturated carbocycles. The lowest BCUT2D eigenvalue weighted by atomic mass is 10.1. The van der Waals surface area contributed by atoms with E-state index in [0.717, 1.165) is 6.29 Å². The molecule has 0 heterocycles. The molecule has 0 bridgehead atoms. The topological polar surface area (TPSA) is 84.5 Å². The predicted molar refractivity (Wildman–Crippen MR) is 70.0 cm³/mol. The Kier molecular flexibility index (Phi) is 6.21. The van der Waals surface area contributed by atoms with Gasteiger partial charge in [0.15, 0.2) is 0 Å². The lowest BCUT2D eigenvalue weighted by molar-refractivity contribution is -0.120. The highest BCUT2D eigenvalue weighted by molar-refractivity contribution is 5.81. The van der Waals surface area contributed by atoms with Gasteiger partial charge in [-0.15, -0.1) is 0 Å². The van der Waals surface area contributed by atoms with Crippen molar-refractivity contribution < 1.29 is 14.0 Å². The first kappa shape index (κ1) is 14.8. The Morgan fingerprint density at radius 1 is 1.42 bits per heavy atom. The number of primary amides is 1. The maximum atomic E-state index is 12.7. The second-order valence-electron chi connectivity index (χ2n) is 3.99. The molecule has 0 saturated heterocycles. The van der Waals surface area contributed by atoms with Crippen LogP contribution in [0.2, 0.25) is 0 Å². The summed E-state index contributed by atoms with van der Waals surface area (Å²) in [6.45, 7) is 0. The first-order chi connectivity index (χ1) is 9.13. The van der Waals surface area contributed by atoms with Crippen LogP contribution in [-0.2, 0) is 9.59 Å². The zero-order valence-corrected chi connectivity index (χ0v) is 10.4. The molecule has 19 heavy (non-hydrogen) atoms. The van der Waals surface area contributed by atoms with Gasteiger partial charge in [0.1, 0.15) is 18.1 Å². The minimum Gasteiger partial charge on any atom is -0.368 e. The van der Waals surface area contributed by atoms with E-state index >= 15 is 0 Å². The number of rotatable bonds is 8. The van der Waals surface area contributed by atoms with E-state index in [0.29, 0.717) is 24.8 Å². The minimum absolute atomic E-state index is 0.325. The Hall–Kier alpha value is -2.24. The van der Waals surface area contributed by atoms with Gasteiger partial charge in [0.2, 0.25) is 5.91 Å². The van der Waals surface area contributed by atoms with Gasteiger partial charge < -0.3 is 10.5 Å². The van der Waals surface area contributed by atoms with E-state index < -0.39 is 11.9 Å². The van der Waals surface area contributed by atoms with Crippen LogP contribution in [0, 0.1) is 5.82 Å². The summed E-state index contributed by atoms with van der Waals surface area (Å²) in [5.41, 5.74) is 8.53. The van der Waals surface area contributed by atoms with Gasteiger partial charge in [0.05, 0.1) is 6.21 Å². The van der Waals surface area contributed by atoms with Gasteiger partial charge in [-0.25, -0.2) is 4.39 Å². The zero-order valence-electron chi connectivity index (χ0n) is 10.4. The van der Waals surface area contributed by atoms with Gasteiger partial charge in [0, 0.05) is 6.42 Å². The molecule has 0 radical (unpaired) electrons. The van der Waals surface area contributed by atoms with E-state index in [1.165, 1.54) is 18.3 Å². The molecule has 6 heteroatoms. The molecule has 0 aromatic heterocycles. The molecule has 102 valence electrons. The summed E-state index contributed by atoms with van der Waals surface area (Å²) in [7, 11) is 0. The van der Waals surface area contributed by atoms with Gasteiger partial charge in [-0.05, 0) is 30.5 Å². The highest BCUT2D eigenvalue weighted by Crippen LogP contribution is 2.01. The third-order valence-corrected chi connectivity index (χ3v) is 2.47. The quantitative estimate of drug-likeness (QED) is 0.318. The fourth-order valence-electron chi connectivity index (χ4n) is 1.43. The molecule has 3 N–H and O–H groups in total. The van der Waals surface area contributed by atoms with Crippen LogP contribution >= 0.6 is 0 Å². The van der Waals surface area contributed by atoms with Crippen LogP contribution in [0.1, 0.15) is 24.8 Å². The van der Waals surface area contributed by atoms with Crippen LogP contribution in [0.3, 0.4) is 0 Å². The molecule has 0 aliphatic rings. The Bertz CT molecular complexity index is 446. The number of hydrazone groups is 1. The number of aldehydes is 1. The molecule has 1 rings (SSSR count). The van der Waals surface area contributed by atoms with Crippen LogP contribution < -0.4 is 11.2 Å². The van der Waals surface area contributed by atoms with Crippen LogP contribution in [-0.4, -0.2) is 24.4 Å². The van der Waals surface area contributed by atoms with Crippen molar-refractivity contribution in [3.05, 3.63) is 35.6 Å². The molecule has 0 aliphatic heterocycles. The highest BCUT2D eigenvalue weighted by Gasteiger charge is 2.12. The second kappa shape index (κ2) is 7.97. The number of nitrogens with zero attached hydrogens (tertiary/aromatic N) is 1. The predicted octanol–water partition coefficient (Wildman–Crippen LogP) is 0.972. The summed E-state index contributed by atoms with van der Waals surface area (Å²) in [6.07, 6.45) is 3.65. The third-order valence-electron chi connectivity index (χ3n) is 2.47. The fourth-order valence-corrected chi connectivity index (χ4v) is 1.43. The average Bonchev–Trinajstić information content (AvgIpc) is 2.39. The van der Waals surface area contributed by atoms with Crippen molar-refractivity contribution in [1.82, 2.24) is 5.43 Å². The number of hydrogen-bond acceptors (Lipinski definition) is 4. The molecule has 1 atom stereocenters. The SMILES string of the molecule is NC(=O)C(CCCC=O)NN=Cc1ccc(F)cc1. The number of carbonyl (C=O) groups excluding carboxylic acids is 2. The normalized spacial score (nSPS) is 12.3. The van der Waals surface area contributed by atoms with Crippen LogP contribution in [0.5, 0.6) is 0 Å². The van der Waals surface area contributed by atoms with E-state index in [1.54, 1.807) is 12.1 Å². The fraction of sp³-hybridized carbons (Fsp3) is 0.308. The molecule has 5 nitrogen and oxygen atoms in total. The zero-order chi connectivity index (χ0) is 14.1. The monoisotopic (exact) mass is 265 g/mol. The Morgan fingerprint density at radius 2 is 2.11 bits per heavy atom. The average molecular weight is 265 g/mol. The maximum absolute atomic E-state index is 12.7. The van der Waals surface area contributed by atoms with E-state index in [1.807, 2.05) is 0 Å². The van der Waals surface area contributed by atoms with Crippen molar-refractivity contribution in [2.24, 2.45) is 10.8 Å². The van der Waals surface area contributed by atoms with Gasteiger partial charge in [-0.3, -0.25) is 10.2 Å². The van der Waals surface area contributed by atoms with E-state index in [9.17, 15) is 14.0 Å². The molecule has 0 aliphatic carbocycles. The number of halogens is 1. The Balaban J connectivity index is 2.48. The van der Waals surface area contributed by atoms with Gasteiger partial charge in [0.25, 0.3) is 0 Å². The van der Waals surface area contributed by atoms with Crippen molar-refractivity contribution >= 4 is 18.4 Å². The smallest absolute Gasteiger partial charge is 0.241 e. The Labute approximate surface area is 110 Å². The number of benzene rings is 1. The first-order valence-electron chi connectivity index (χ1n) is 5.90. The molecular weight excluding hydrogens is 249 g/mol. The van der Waals surface area contributed by atoms with Crippen molar-refractivity contribution in [2.45, 2.75) is 25.3 Å².